The standard InChI is InChI=1S/C14H24N4/c1-2-4-18-5-3-16-14(18)9-13(17-15)12-7-10-6-11(10)8-12/h3,5,10-13,17H,2,4,6-9,15H2,1H3. The lowest BCUT2D eigenvalue weighted by atomic mass is 9.92. The van der Waals surface area contributed by atoms with Crippen LogP contribution >= 0.6 is 0 Å². The molecule has 4 heteroatoms. The number of aromatic nitrogens is 2. The van der Waals surface area contributed by atoms with Crippen LogP contribution in [0.5, 0.6) is 0 Å². The van der Waals surface area contributed by atoms with Crippen LogP contribution in [0.15, 0.2) is 12.4 Å². The fourth-order valence-electron chi connectivity index (χ4n) is 3.62. The zero-order chi connectivity index (χ0) is 12.5. The van der Waals surface area contributed by atoms with Crippen molar-refractivity contribution in [2.24, 2.45) is 23.6 Å². The number of imidazole rings is 1. The summed E-state index contributed by atoms with van der Waals surface area (Å²) >= 11 is 0. The molecule has 2 aliphatic rings. The predicted molar refractivity (Wildman–Crippen MR) is 71.7 cm³/mol. The second-order valence-corrected chi connectivity index (χ2v) is 6.00. The highest BCUT2D eigenvalue weighted by Crippen LogP contribution is 2.55. The molecule has 0 amide bonds. The Hall–Kier alpha value is -0.870. The summed E-state index contributed by atoms with van der Waals surface area (Å²) in [6.45, 7) is 3.26. The minimum Gasteiger partial charge on any atom is -0.335 e. The van der Waals surface area contributed by atoms with Gasteiger partial charge in [-0.05, 0) is 43.4 Å². The van der Waals surface area contributed by atoms with Crippen molar-refractivity contribution in [1.29, 1.82) is 0 Å². The number of hydrazine groups is 1. The number of nitrogens with one attached hydrogen (secondary N) is 1. The van der Waals surface area contributed by atoms with E-state index in [0.29, 0.717) is 6.04 Å². The number of hydrogen-bond donors (Lipinski definition) is 2. The minimum atomic E-state index is 0.399. The van der Waals surface area contributed by atoms with Gasteiger partial charge in [0.25, 0.3) is 0 Å². The van der Waals surface area contributed by atoms with E-state index in [-0.39, 0.29) is 0 Å². The van der Waals surface area contributed by atoms with Crippen LogP contribution in [0.25, 0.3) is 0 Å². The molecule has 1 aromatic rings. The zero-order valence-corrected chi connectivity index (χ0v) is 11.2. The zero-order valence-electron chi connectivity index (χ0n) is 11.2. The Morgan fingerprint density at radius 3 is 2.89 bits per heavy atom. The van der Waals surface area contributed by atoms with Crippen molar-refractivity contribution < 1.29 is 0 Å². The van der Waals surface area contributed by atoms with Gasteiger partial charge in [0, 0.05) is 31.4 Å². The SMILES string of the molecule is CCCn1ccnc1CC(NN)C1CC2CC2C1. The highest BCUT2D eigenvalue weighted by Gasteiger charge is 2.47. The first-order valence-corrected chi connectivity index (χ1v) is 7.28. The van der Waals surface area contributed by atoms with Gasteiger partial charge >= 0.3 is 0 Å². The number of fused-ring (bicyclic) bond motifs is 1. The summed E-state index contributed by atoms with van der Waals surface area (Å²) in [6, 6.07) is 0.399. The summed E-state index contributed by atoms with van der Waals surface area (Å²) in [5, 5.41) is 0. The molecule has 2 fully saturated rings. The molecule has 18 heavy (non-hydrogen) atoms. The third-order valence-corrected chi connectivity index (χ3v) is 4.73. The van der Waals surface area contributed by atoms with Crippen LogP contribution in [0.4, 0.5) is 0 Å². The molecular formula is C14H24N4. The van der Waals surface area contributed by atoms with Gasteiger partial charge < -0.3 is 4.57 Å². The molecule has 0 spiro atoms. The summed E-state index contributed by atoms with van der Waals surface area (Å²) < 4.78 is 2.26. The quantitative estimate of drug-likeness (QED) is 0.595. The molecule has 3 unspecified atom stereocenters. The van der Waals surface area contributed by atoms with Crippen LogP contribution in [-0.2, 0) is 13.0 Å². The molecule has 2 saturated carbocycles. The molecule has 2 aliphatic carbocycles. The van der Waals surface area contributed by atoms with Gasteiger partial charge in [0.15, 0.2) is 0 Å². The lowest BCUT2D eigenvalue weighted by molar-refractivity contribution is 0.329. The Labute approximate surface area is 109 Å². The lowest BCUT2D eigenvalue weighted by Crippen LogP contribution is -2.42. The maximum Gasteiger partial charge on any atom is 0.110 e. The van der Waals surface area contributed by atoms with E-state index in [0.717, 1.165) is 37.1 Å². The highest BCUT2D eigenvalue weighted by atomic mass is 15.2. The minimum absolute atomic E-state index is 0.399. The first kappa shape index (κ1) is 12.2. The first-order valence-electron chi connectivity index (χ1n) is 7.28. The number of nitrogens with zero attached hydrogens (tertiary/aromatic N) is 2. The third-order valence-electron chi connectivity index (χ3n) is 4.73. The van der Waals surface area contributed by atoms with Gasteiger partial charge in [-0.25, -0.2) is 4.98 Å². The monoisotopic (exact) mass is 248 g/mol. The van der Waals surface area contributed by atoms with E-state index in [4.69, 9.17) is 5.84 Å². The smallest absolute Gasteiger partial charge is 0.110 e. The summed E-state index contributed by atoms with van der Waals surface area (Å²) in [5.41, 5.74) is 3.04. The van der Waals surface area contributed by atoms with Crippen LogP contribution in [0.3, 0.4) is 0 Å². The van der Waals surface area contributed by atoms with Gasteiger partial charge in [-0.3, -0.25) is 11.3 Å². The van der Waals surface area contributed by atoms with E-state index in [1.165, 1.54) is 25.1 Å². The summed E-state index contributed by atoms with van der Waals surface area (Å²) in [5.74, 6) is 9.73. The van der Waals surface area contributed by atoms with Gasteiger partial charge in [0.1, 0.15) is 5.82 Å². The van der Waals surface area contributed by atoms with Crippen LogP contribution in [0, 0.1) is 17.8 Å². The molecule has 3 rings (SSSR count). The summed E-state index contributed by atoms with van der Waals surface area (Å²) in [4.78, 5) is 4.49. The number of aryl methyl sites for hydroxylation is 1. The van der Waals surface area contributed by atoms with E-state index < -0.39 is 0 Å². The molecule has 0 radical (unpaired) electrons. The van der Waals surface area contributed by atoms with Crippen molar-refractivity contribution in [3.05, 3.63) is 18.2 Å². The van der Waals surface area contributed by atoms with Gasteiger partial charge in [0.2, 0.25) is 0 Å². The van der Waals surface area contributed by atoms with Crippen LogP contribution in [0.2, 0.25) is 0 Å². The number of hydrogen-bond acceptors (Lipinski definition) is 3. The first-order chi connectivity index (χ1) is 8.81. The number of nitrogens with two attached hydrogens (primary N) is 1. The second-order valence-electron chi connectivity index (χ2n) is 6.00. The summed E-state index contributed by atoms with van der Waals surface area (Å²) in [6.07, 6.45) is 10.3. The normalized spacial score (nSPS) is 31.3. The van der Waals surface area contributed by atoms with E-state index in [1.54, 1.807) is 0 Å². The Balaban J connectivity index is 1.63. The van der Waals surface area contributed by atoms with Crippen molar-refractivity contribution in [3.8, 4) is 0 Å². The Morgan fingerprint density at radius 2 is 2.22 bits per heavy atom. The van der Waals surface area contributed by atoms with E-state index >= 15 is 0 Å². The van der Waals surface area contributed by atoms with E-state index in [1.807, 2.05) is 6.20 Å². The molecule has 3 N–H and O–H groups in total. The second kappa shape index (κ2) is 5.02. The van der Waals surface area contributed by atoms with E-state index in [2.05, 4.69) is 28.1 Å². The van der Waals surface area contributed by atoms with Crippen LogP contribution < -0.4 is 11.3 Å². The molecule has 100 valence electrons. The van der Waals surface area contributed by atoms with Gasteiger partial charge in [0.05, 0.1) is 0 Å². The van der Waals surface area contributed by atoms with Crippen molar-refractivity contribution >= 4 is 0 Å². The molecule has 0 aromatic carbocycles. The Kier molecular flexibility index (Phi) is 3.39. The third kappa shape index (κ3) is 2.31. The van der Waals surface area contributed by atoms with Crippen LogP contribution in [-0.4, -0.2) is 15.6 Å². The maximum atomic E-state index is 5.77. The molecule has 0 saturated heterocycles. The van der Waals surface area contributed by atoms with Crippen molar-refractivity contribution in [2.75, 3.05) is 0 Å². The maximum absolute atomic E-state index is 5.77. The Morgan fingerprint density at radius 1 is 1.44 bits per heavy atom. The fourth-order valence-corrected chi connectivity index (χ4v) is 3.62. The predicted octanol–water partition coefficient (Wildman–Crippen LogP) is 1.71. The molecule has 4 nitrogen and oxygen atoms in total. The average molecular weight is 248 g/mol. The van der Waals surface area contributed by atoms with Crippen LogP contribution in [0.1, 0.15) is 38.4 Å². The highest BCUT2D eigenvalue weighted by molar-refractivity contribution is 5.02. The van der Waals surface area contributed by atoms with Gasteiger partial charge in [-0.1, -0.05) is 6.92 Å². The molecule has 3 atom stereocenters. The molecule has 1 aromatic heterocycles. The topological polar surface area (TPSA) is 55.9 Å². The van der Waals surface area contributed by atoms with Crippen molar-refractivity contribution in [3.63, 3.8) is 0 Å². The number of rotatable bonds is 6. The van der Waals surface area contributed by atoms with E-state index in [9.17, 15) is 0 Å². The average Bonchev–Trinajstić information content (AvgIpc) is 2.79. The largest absolute Gasteiger partial charge is 0.335 e. The Bertz CT molecular complexity index is 390. The molecule has 0 bridgehead atoms. The van der Waals surface area contributed by atoms with Gasteiger partial charge in [-0.15, -0.1) is 0 Å². The van der Waals surface area contributed by atoms with Gasteiger partial charge in [-0.2, -0.15) is 0 Å². The van der Waals surface area contributed by atoms with Crippen molar-refractivity contribution in [1.82, 2.24) is 15.0 Å². The fraction of sp³-hybridized carbons (Fsp3) is 0.786. The molecule has 1 heterocycles. The lowest BCUT2D eigenvalue weighted by Gasteiger charge is -2.24. The summed E-state index contributed by atoms with van der Waals surface area (Å²) in [7, 11) is 0. The molecular weight excluding hydrogens is 224 g/mol. The molecule has 0 aliphatic heterocycles. The van der Waals surface area contributed by atoms with Crippen molar-refractivity contribution in [2.45, 2.75) is 51.6 Å².